The van der Waals surface area contributed by atoms with Crippen LogP contribution < -0.4 is 0 Å². The lowest BCUT2D eigenvalue weighted by Gasteiger charge is -1.72. The Bertz CT molecular complexity index is 71.5. The summed E-state index contributed by atoms with van der Waals surface area (Å²) in [6.45, 7) is 0. The summed E-state index contributed by atoms with van der Waals surface area (Å²) in [5.41, 5.74) is 0. The minimum atomic E-state index is -1.82. The monoisotopic (exact) mass is 90.0 g/mol. The molecule has 0 spiro atoms. The van der Waals surface area contributed by atoms with Gasteiger partial charge < -0.3 is 10.2 Å². The lowest BCUT2D eigenvalue weighted by atomic mass is 10.7. The smallest absolute Gasteiger partial charge is 0.414 e. The number of hydrogen-bond acceptors (Lipinski definition) is 2. The minimum Gasteiger partial charge on any atom is -0.473 e. The molecule has 0 saturated heterocycles. The lowest BCUT2D eigenvalue weighted by molar-refractivity contribution is -0.159. The first-order valence-corrected chi connectivity index (χ1v) is 1.11. The van der Waals surface area contributed by atoms with Crippen LogP contribution in [0.4, 0.5) is 0 Å². The quantitative estimate of drug-likeness (QED) is 0.380. The average molecular weight is 90.0 g/mol. The molecular formula is C2H2O4. The van der Waals surface area contributed by atoms with Crippen LogP contribution in [0.15, 0.2) is 0 Å². The van der Waals surface area contributed by atoms with Crippen molar-refractivity contribution < 1.29 is 19.8 Å². The van der Waals surface area contributed by atoms with Crippen molar-refractivity contribution in [2.75, 3.05) is 0 Å². The van der Waals surface area contributed by atoms with Crippen LogP contribution in [0.3, 0.4) is 0 Å². The number of rotatable bonds is 0. The van der Waals surface area contributed by atoms with Crippen LogP contribution in [-0.2, 0) is 9.59 Å². The van der Waals surface area contributed by atoms with Gasteiger partial charge in [0.05, 0.1) is 0 Å². The molecule has 0 saturated carbocycles. The zero-order chi connectivity index (χ0) is 5.15. The van der Waals surface area contributed by atoms with Gasteiger partial charge in [-0.25, -0.2) is 9.59 Å². The van der Waals surface area contributed by atoms with Crippen molar-refractivity contribution in [2.24, 2.45) is 0 Å². The normalized spacial score (nSPS) is 7.33. The SMILES string of the molecule is O=C(O)[12C](=O)O. The Morgan fingerprint density at radius 3 is 1.17 bits per heavy atom. The molecule has 0 heterocycles. The maximum absolute atomic E-state index is 9.10. The molecule has 0 unspecified atom stereocenters. The second-order valence-corrected chi connectivity index (χ2v) is 0.610. The molecule has 0 rings (SSSR count). The molecule has 0 aliphatic rings. The van der Waals surface area contributed by atoms with Crippen LogP contribution in [0.5, 0.6) is 0 Å². The van der Waals surface area contributed by atoms with E-state index < -0.39 is 11.9 Å². The fraction of sp³-hybridized carbons (Fsp3) is 0. The highest BCUT2D eigenvalue weighted by Crippen LogP contribution is 1.56. The van der Waals surface area contributed by atoms with Gasteiger partial charge in [0.2, 0.25) is 0 Å². The number of aliphatic carboxylic acids is 2. The summed E-state index contributed by atoms with van der Waals surface area (Å²) in [7, 11) is 0. The Hall–Kier alpha value is -1.06. The van der Waals surface area contributed by atoms with Gasteiger partial charge in [0, 0.05) is 0 Å². The van der Waals surface area contributed by atoms with Crippen molar-refractivity contribution in [3.8, 4) is 0 Å². The zero-order valence-corrected chi connectivity index (χ0v) is 2.71. The van der Waals surface area contributed by atoms with Crippen LogP contribution in [0.1, 0.15) is 0 Å². The minimum absolute atomic E-state index is 1.82. The molecule has 0 fully saturated rings. The second-order valence-electron chi connectivity index (χ2n) is 0.610. The second kappa shape index (κ2) is 1.40. The summed E-state index contributed by atoms with van der Waals surface area (Å²) in [4.78, 5) is 18.2. The summed E-state index contributed by atoms with van der Waals surface area (Å²) < 4.78 is 0. The van der Waals surface area contributed by atoms with Gasteiger partial charge >= 0.3 is 11.9 Å². The Balaban J connectivity index is 3.57. The summed E-state index contributed by atoms with van der Waals surface area (Å²) in [6.07, 6.45) is 0. The van der Waals surface area contributed by atoms with Gasteiger partial charge in [0.1, 0.15) is 0 Å². The third-order valence-corrected chi connectivity index (χ3v) is 0.183. The molecular weight excluding hydrogens is 88.0 g/mol. The van der Waals surface area contributed by atoms with Crippen molar-refractivity contribution in [1.29, 1.82) is 0 Å². The molecule has 2 N–H and O–H groups in total. The van der Waals surface area contributed by atoms with Crippen molar-refractivity contribution in [1.82, 2.24) is 0 Å². The summed E-state index contributed by atoms with van der Waals surface area (Å²) in [5.74, 6) is -3.65. The molecule has 34 valence electrons. The van der Waals surface area contributed by atoms with Gasteiger partial charge in [-0.05, 0) is 0 Å². The van der Waals surface area contributed by atoms with Crippen LogP contribution in [0.25, 0.3) is 0 Å². The van der Waals surface area contributed by atoms with Gasteiger partial charge in [-0.1, -0.05) is 0 Å². The number of hydrogen-bond donors (Lipinski definition) is 2. The standard InChI is InChI=1S/C2H2O4/c3-1(4)2(5)6/h(H,3,4)(H,5,6)/i1+0. The van der Waals surface area contributed by atoms with E-state index in [1.807, 2.05) is 0 Å². The molecule has 0 aromatic carbocycles. The number of carboxylic acid groups (broad SMARTS) is 2. The maximum Gasteiger partial charge on any atom is 0.414 e. The van der Waals surface area contributed by atoms with Gasteiger partial charge in [-0.15, -0.1) is 0 Å². The highest BCUT2D eigenvalue weighted by molar-refractivity contribution is 6.27. The van der Waals surface area contributed by atoms with E-state index >= 15 is 0 Å². The van der Waals surface area contributed by atoms with Gasteiger partial charge in [0.15, 0.2) is 0 Å². The molecule has 0 aromatic rings. The lowest BCUT2D eigenvalue weighted by Crippen LogP contribution is -2.09. The van der Waals surface area contributed by atoms with E-state index in [-0.39, 0.29) is 0 Å². The molecule has 4 nitrogen and oxygen atoms in total. The maximum atomic E-state index is 9.10. The average Bonchev–Trinajstić information content (AvgIpc) is 1.36. The summed E-state index contributed by atoms with van der Waals surface area (Å²) >= 11 is 0. The molecule has 0 bridgehead atoms. The van der Waals surface area contributed by atoms with Gasteiger partial charge in [-0.2, -0.15) is 0 Å². The first kappa shape index (κ1) is 4.94. The van der Waals surface area contributed by atoms with Crippen LogP contribution in [0.2, 0.25) is 0 Å². The van der Waals surface area contributed by atoms with E-state index in [2.05, 4.69) is 0 Å². The van der Waals surface area contributed by atoms with Crippen molar-refractivity contribution in [3.05, 3.63) is 0 Å². The third kappa shape index (κ3) is 1.28. The largest absolute Gasteiger partial charge is 0.473 e. The van der Waals surface area contributed by atoms with E-state index in [9.17, 15) is 0 Å². The Morgan fingerprint density at radius 1 is 1.00 bits per heavy atom. The molecule has 0 amide bonds. The zero-order valence-electron chi connectivity index (χ0n) is 2.71. The van der Waals surface area contributed by atoms with E-state index in [1.54, 1.807) is 0 Å². The Labute approximate surface area is 33.0 Å². The van der Waals surface area contributed by atoms with Crippen molar-refractivity contribution in [2.45, 2.75) is 0 Å². The Morgan fingerprint density at radius 2 is 1.17 bits per heavy atom. The van der Waals surface area contributed by atoms with E-state index in [4.69, 9.17) is 19.8 Å². The fourth-order valence-electron chi connectivity index (χ4n) is 0. The highest BCUT2D eigenvalue weighted by atomic mass is 16.4. The summed E-state index contributed by atoms with van der Waals surface area (Å²) in [5, 5.41) is 14.8. The predicted molar refractivity (Wildman–Crippen MR) is 15.3 cm³/mol. The molecule has 0 radical (unpaired) electrons. The third-order valence-electron chi connectivity index (χ3n) is 0.183. The first-order chi connectivity index (χ1) is 2.64. The number of carboxylic acids is 2. The molecule has 0 aliphatic carbocycles. The van der Waals surface area contributed by atoms with Crippen LogP contribution in [0, 0.1) is 0 Å². The van der Waals surface area contributed by atoms with Crippen molar-refractivity contribution >= 4 is 11.9 Å². The molecule has 4 heteroatoms. The molecule has 0 aromatic heterocycles. The summed E-state index contributed by atoms with van der Waals surface area (Å²) in [6, 6.07) is 0. The molecule has 0 atom stereocenters. The van der Waals surface area contributed by atoms with E-state index in [1.165, 1.54) is 0 Å². The number of carbonyl (C=O) groups is 2. The van der Waals surface area contributed by atoms with Gasteiger partial charge in [-0.3, -0.25) is 0 Å². The highest BCUT2D eigenvalue weighted by Gasteiger charge is 2.04. The van der Waals surface area contributed by atoms with Gasteiger partial charge in [0.25, 0.3) is 0 Å². The topological polar surface area (TPSA) is 74.6 Å². The van der Waals surface area contributed by atoms with E-state index in [0.717, 1.165) is 0 Å². The van der Waals surface area contributed by atoms with E-state index in [0.29, 0.717) is 0 Å². The predicted octanol–water partition coefficient (Wildman–Crippen LogP) is -0.844. The molecule has 6 heavy (non-hydrogen) atoms. The van der Waals surface area contributed by atoms with Crippen LogP contribution >= 0.6 is 0 Å². The molecule has 0 aliphatic heterocycles. The fourth-order valence-corrected chi connectivity index (χ4v) is 0. The van der Waals surface area contributed by atoms with Crippen LogP contribution in [-0.4, -0.2) is 22.2 Å². The van der Waals surface area contributed by atoms with Crippen molar-refractivity contribution in [3.63, 3.8) is 0 Å². The first-order valence-electron chi connectivity index (χ1n) is 1.11. The Kier molecular flexibility index (Phi) is 1.15.